The van der Waals surface area contributed by atoms with Crippen molar-refractivity contribution in [2.24, 2.45) is 0 Å². The molecule has 1 aliphatic heterocycles. The van der Waals surface area contributed by atoms with Crippen LogP contribution in [0.25, 0.3) is 5.76 Å². The average Bonchev–Trinajstić information content (AvgIpc) is 3.34. The molecule has 1 aromatic carbocycles. The number of methoxy groups -OCH3 is 2. The summed E-state index contributed by atoms with van der Waals surface area (Å²) in [4.78, 5) is 31.3. The summed E-state index contributed by atoms with van der Waals surface area (Å²) in [6.07, 6.45) is 2.98. The van der Waals surface area contributed by atoms with E-state index in [1.807, 2.05) is 0 Å². The molecule has 2 aromatic heterocycles. The molecule has 0 saturated carbocycles. The zero-order valence-electron chi connectivity index (χ0n) is 16.9. The van der Waals surface area contributed by atoms with Crippen molar-refractivity contribution in [1.29, 1.82) is 0 Å². The van der Waals surface area contributed by atoms with Crippen LogP contribution in [0.3, 0.4) is 0 Å². The van der Waals surface area contributed by atoms with Crippen LogP contribution in [0.1, 0.15) is 22.2 Å². The van der Waals surface area contributed by atoms with E-state index < -0.39 is 17.7 Å². The largest absolute Gasteiger partial charge is 0.507 e. The van der Waals surface area contributed by atoms with Crippen molar-refractivity contribution < 1.29 is 24.2 Å². The molecule has 0 radical (unpaired) electrons. The molecule has 31 heavy (non-hydrogen) atoms. The lowest BCUT2D eigenvalue weighted by atomic mass is 9.95. The maximum atomic E-state index is 13.0. The molecule has 1 fully saturated rings. The summed E-state index contributed by atoms with van der Waals surface area (Å²) in [5.41, 5.74) is 0.850. The summed E-state index contributed by atoms with van der Waals surface area (Å²) in [7, 11) is 3.00. The number of ether oxygens (including phenoxy) is 2. The minimum atomic E-state index is -0.930. The summed E-state index contributed by atoms with van der Waals surface area (Å²) in [6, 6.07) is 7.23. The van der Waals surface area contributed by atoms with Gasteiger partial charge in [-0.2, -0.15) is 0 Å². The summed E-state index contributed by atoms with van der Waals surface area (Å²) in [5, 5.41) is 19.9. The number of anilines is 1. The highest BCUT2D eigenvalue weighted by atomic mass is 32.1. The van der Waals surface area contributed by atoms with Crippen molar-refractivity contribution >= 4 is 33.9 Å². The van der Waals surface area contributed by atoms with Crippen molar-refractivity contribution in [3.05, 3.63) is 64.4 Å². The summed E-state index contributed by atoms with van der Waals surface area (Å²) in [5.74, 6) is -1.01. The maximum Gasteiger partial charge on any atom is 0.301 e. The third-order valence-corrected chi connectivity index (χ3v) is 5.68. The highest BCUT2D eigenvalue weighted by molar-refractivity contribution is 7.15. The highest BCUT2D eigenvalue weighted by Crippen LogP contribution is 2.44. The molecule has 1 unspecified atom stereocenters. The van der Waals surface area contributed by atoms with Crippen LogP contribution in [0.2, 0.25) is 0 Å². The Bertz CT molecular complexity index is 1190. The van der Waals surface area contributed by atoms with E-state index in [9.17, 15) is 14.7 Å². The fourth-order valence-corrected chi connectivity index (χ4v) is 4.13. The molecule has 1 amide bonds. The van der Waals surface area contributed by atoms with Gasteiger partial charge in [0.2, 0.25) is 5.13 Å². The van der Waals surface area contributed by atoms with Crippen LogP contribution in [0.5, 0.6) is 11.5 Å². The molecule has 9 nitrogen and oxygen atoms in total. The summed E-state index contributed by atoms with van der Waals surface area (Å²) in [6.45, 7) is 1.75. The van der Waals surface area contributed by atoms with Crippen LogP contribution in [0, 0.1) is 6.92 Å². The number of Topliss-reactive ketones (excluding diaryl/α,β-unsaturated/α-hetero) is 1. The van der Waals surface area contributed by atoms with Crippen molar-refractivity contribution in [3.8, 4) is 11.5 Å². The van der Waals surface area contributed by atoms with E-state index in [1.54, 1.807) is 37.3 Å². The Hall–Kier alpha value is -3.79. The van der Waals surface area contributed by atoms with Crippen LogP contribution in [0.15, 0.2) is 48.3 Å². The molecule has 3 heterocycles. The Morgan fingerprint density at radius 3 is 2.39 bits per heavy atom. The summed E-state index contributed by atoms with van der Waals surface area (Å²) < 4.78 is 10.7. The highest BCUT2D eigenvalue weighted by Gasteiger charge is 2.48. The molecule has 158 valence electrons. The van der Waals surface area contributed by atoms with E-state index in [-0.39, 0.29) is 16.5 Å². The molecule has 10 heteroatoms. The molecule has 0 bridgehead atoms. The normalized spacial score (nSPS) is 17.8. The minimum absolute atomic E-state index is 0.0590. The van der Waals surface area contributed by atoms with Gasteiger partial charge in [0.1, 0.15) is 10.8 Å². The van der Waals surface area contributed by atoms with E-state index >= 15 is 0 Å². The number of aromatic nitrogens is 3. The van der Waals surface area contributed by atoms with Crippen LogP contribution in [0.4, 0.5) is 5.13 Å². The van der Waals surface area contributed by atoms with Crippen LogP contribution < -0.4 is 14.4 Å². The van der Waals surface area contributed by atoms with Crippen LogP contribution in [-0.2, 0) is 9.59 Å². The number of ketones is 1. The molecule has 1 N–H and O–H groups in total. The van der Waals surface area contributed by atoms with E-state index in [0.717, 1.165) is 0 Å². The van der Waals surface area contributed by atoms with Crippen molar-refractivity contribution in [1.82, 2.24) is 15.2 Å². The number of nitrogens with zero attached hydrogens (tertiary/aromatic N) is 4. The Labute approximate surface area is 181 Å². The van der Waals surface area contributed by atoms with Gasteiger partial charge in [0, 0.05) is 18.0 Å². The third kappa shape index (κ3) is 3.50. The minimum Gasteiger partial charge on any atom is -0.507 e. The molecule has 0 aliphatic carbocycles. The first-order valence-corrected chi connectivity index (χ1v) is 10.0. The van der Waals surface area contributed by atoms with Gasteiger partial charge in [-0.1, -0.05) is 17.4 Å². The molecule has 4 rings (SSSR count). The third-order valence-electron chi connectivity index (χ3n) is 4.84. The van der Waals surface area contributed by atoms with Crippen molar-refractivity contribution in [2.45, 2.75) is 13.0 Å². The Morgan fingerprint density at radius 1 is 1.06 bits per heavy atom. The number of pyridine rings is 1. The number of hydrogen-bond acceptors (Lipinski definition) is 9. The lowest BCUT2D eigenvalue weighted by Crippen LogP contribution is -2.29. The first kappa shape index (κ1) is 20.5. The smallest absolute Gasteiger partial charge is 0.301 e. The molecular formula is C21H18N4O5S. The second-order valence-corrected chi connectivity index (χ2v) is 7.78. The fraction of sp³-hybridized carbons (Fsp3) is 0.190. The van der Waals surface area contributed by atoms with Gasteiger partial charge in [0.15, 0.2) is 11.5 Å². The molecule has 0 spiro atoms. The quantitative estimate of drug-likeness (QED) is 0.367. The second-order valence-electron chi connectivity index (χ2n) is 6.62. The Balaban J connectivity index is 1.96. The molecular weight excluding hydrogens is 420 g/mol. The summed E-state index contributed by atoms with van der Waals surface area (Å²) >= 11 is 1.18. The van der Waals surface area contributed by atoms with Gasteiger partial charge >= 0.3 is 5.91 Å². The zero-order chi connectivity index (χ0) is 22.1. The number of hydrogen-bond donors (Lipinski definition) is 1. The van der Waals surface area contributed by atoms with Gasteiger partial charge in [0.05, 0.1) is 25.8 Å². The van der Waals surface area contributed by atoms with Crippen molar-refractivity contribution in [2.75, 3.05) is 19.1 Å². The number of aryl methyl sites for hydroxylation is 1. The lowest BCUT2D eigenvalue weighted by Gasteiger charge is -2.23. The molecule has 1 aliphatic rings. The number of amides is 1. The van der Waals surface area contributed by atoms with Gasteiger partial charge in [-0.05, 0) is 36.8 Å². The fourth-order valence-electron chi connectivity index (χ4n) is 3.42. The monoisotopic (exact) mass is 438 g/mol. The van der Waals surface area contributed by atoms with Gasteiger partial charge in [0.25, 0.3) is 5.78 Å². The van der Waals surface area contributed by atoms with Gasteiger partial charge in [-0.15, -0.1) is 10.2 Å². The topological polar surface area (TPSA) is 115 Å². The Kier molecular flexibility index (Phi) is 5.38. The zero-order valence-corrected chi connectivity index (χ0v) is 17.7. The average molecular weight is 438 g/mol. The molecule has 3 aromatic rings. The predicted octanol–water partition coefficient (Wildman–Crippen LogP) is 2.89. The number of rotatable bonds is 5. The predicted molar refractivity (Wildman–Crippen MR) is 113 cm³/mol. The van der Waals surface area contributed by atoms with Crippen LogP contribution in [-0.4, -0.2) is 46.2 Å². The van der Waals surface area contributed by atoms with E-state index in [1.165, 1.54) is 42.8 Å². The number of carbonyl (C=O) groups is 2. The van der Waals surface area contributed by atoms with Gasteiger partial charge < -0.3 is 14.6 Å². The number of aliphatic hydroxyl groups is 1. The number of benzene rings is 1. The van der Waals surface area contributed by atoms with E-state index in [0.29, 0.717) is 27.6 Å². The molecule has 1 atom stereocenters. The second kappa shape index (κ2) is 8.15. The van der Waals surface area contributed by atoms with Crippen molar-refractivity contribution in [3.63, 3.8) is 0 Å². The number of carbonyl (C=O) groups excluding carboxylic acids is 2. The van der Waals surface area contributed by atoms with Gasteiger partial charge in [-0.3, -0.25) is 19.5 Å². The SMILES string of the molecule is COc1ccc(C2C(=C(O)c3ccncc3)C(=O)C(=O)N2c2nnc(C)s2)cc1OC. The van der Waals surface area contributed by atoms with Crippen LogP contribution >= 0.6 is 11.3 Å². The maximum absolute atomic E-state index is 13.0. The first-order chi connectivity index (χ1) is 15.0. The standard InChI is InChI=1S/C21H18N4O5S/c1-11-23-24-21(31-11)25-17(13-4-5-14(29-2)15(10-13)30-3)16(19(27)20(25)28)18(26)12-6-8-22-9-7-12/h4-10,17,26H,1-3H3. The Morgan fingerprint density at radius 2 is 1.77 bits per heavy atom. The van der Waals surface area contributed by atoms with E-state index in [4.69, 9.17) is 9.47 Å². The first-order valence-electron chi connectivity index (χ1n) is 9.19. The van der Waals surface area contributed by atoms with E-state index in [2.05, 4.69) is 15.2 Å². The molecule has 1 saturated heterocycles. The lowest BCUT2D eigenvalue weighted by molar-refractivity contribution is -0.132. The van der Waals surface area contributed by atoms with Gasteiger partial charge in [-0.25, -0.2) is 0 Å². The number of aliphatic hydroxyl groups excluding tert-OH is 1.